The Balaban J connectivity index is 1.78. The highest BCUT2D eigenvalue weighted by atomic mass is 32.2. The third-order valence-corrected chi connectivity index (χ3v) is 9.30. The minimum Gasteiger partial charge on any atom is -0.494 e. The van der Waals surface area contributed by atoms with Crippen molar-refractivity contribution < 1.29 is 22.7 Å². The molecule has 0 unspecified atom stereocenters. The summed E-state index contributed by atoms with van der Waals surface area (Å²) >= 11 is 0. The summed E-state index contributed by atoms with van der Waals surface area (Å²) in [5.41, 5.74) is 2.01. The number of amides is 2. The standard InChI is InChI=1S/C36H41N3O5S/c1-4-28(3)37-36(41)34(25-29-15-9-6-10-16-29)38(26-30-17-11-7-12-18-30)35(40)27-39(31-21-23-32(24-22-31)44-5-2)45(42,43)33-19-13-8-14-20-33/h6-24,28,34H,4-5,25-27H2,1-3H3,(H,37,41)/t28-,34+/m0/s1. The van der Waals surface area contributed by atoms with Crippen LogP contribution in [0.3, 0.4) is 0 Å². The zero-order valence-electron chi connectivity index (χ0n) is 26.0. The number of ether oxygens (including phenoxy) is 1. The van der Waals surface area contributed by atoms with Crippen LogP contribution in [0.2, 0.25) is 0 Å². The predicted octanol–water partition coefficient (Wildman–Crippen LogP) is 5.84. The van der Waals surface area contributed by atoms with Gasteiger partial charge in [0, 0.05) is 19.0 Å². The van der Waals surface area contributed by atoms with Crippen LogP contribution < -0.4 is 14.4 Å². The van der Waals surface area contributed by atoms with Crippen LogP contribution in [0.25, 0.3) is 0 Å². The highest BCUT2D eigenvalue weighted by Crippen LogP contribution is 2.27. The quantitative estimate of drug-likeness (QED) is 0.179. The molecule has 8 nitrogen and oxygen atoms in total. The molecular weight excluding hydrogens is 586 g/mol. The van der Waals surface area contributed by atoms with Crippen molar-refractivity contribution in [2.45, 2.75) is 57.1 Å². The molecule has 0 aliphatic rings. The van der Waals surface area contributed by atoms with Gasteiger partial charge in [-0.2, -0.15) is 0 Å². The molecule has 0 aliphatic carbocycles. The monoisotopic (exact) mass is 627 g/mol. The van der Waals surface area contributed by atoms with Crippen molar-refractivity contribution in [3.05, 3.63) is 126 Å². The van der Waals surface area contributed by atoms with Crippen LogP contribution in [-0.2, 0) is 32.6 Å². The van der Waals surface area contributed by atoms with E-state index >= 15 is 0 Å². The molecule has 0 heterocycles. The molecule has 4 aromatic carbocycles. The van der Waals surface area contributed by atoms with E-state index in [1.54, 1.807) is 42.5 Å². The molecule has 4 rings (SSSR count). The van der Waals surface area contributed by atoms with Crippen molar-refractivity contribution in [1.29, 1.82) is 0 Å². The van der Waals surface area contributed by atoms with Gasteiger partial charge in [-0.05, 0) is 67.8 Å². The van der Waals surface area contributed by atoms with Gasteiger partial charge in [-0.3, -0.25) is 13.9 Å². The first-order valence-corrected chi connectivity index (χ1v) is 16.6. The maximum atomic E-state index is 14.5. The van der Waals surface area contributed by atoms with E-state index in [1.807, 2.05) is 81.4 Å². The van der Waals surface area contributed by atoms with Crippen molar-refractivity contribution in [2.24, 2.45) is 0 Å². The maximum absolute atomic E-state index is 14.5. The lowest BCUT2D eigenvalue weighted by Gasteiger charge is -2.34. The zero-order chi connectivity index (χ0) is 32.2. The second kappa shape index (κ2) is 15.9. The van der Waals surface area contributed by atoms with Gasteiger partial charge in [-0.25, -0.2) is 8.42 Å². The van der Waals surface area contributed by atoms with E-state index in [4.69, 9.17) is 4.74 Å². The molecule has 0 saturated heterocycles. The van der Waals surface area contributed by atoms with Crippen LogP contribution in [0, 0.1) is 0 Å². The lowest BCUT2D eigenvalue weighted by atomic mass is 10.0. The Morgan fingerprint density at radius 1 is 0.778 bits per heavy atom. The van der Waals surface area contributed by atoms with Crippen molar-refractivity contribution in [1.82, 2.24) is 10.2 Å². The summed E-state index contributed by atoms with van der Waals surface area (Å²) in [4.78, 5) is 29.9. The summed E-state index contributed by atoms with van der Waals surface area (Å²) in [6.45, 7) is 5.82. The van der Waals surface area contributed by atoms with E-state index in [0.717, 1.165) is 21.9 Å². The fraction of sp³-hybridized carbons (Fsp3) is 0.278. The van der Waals surface area contributed by atoms with Crippen molar-refractivity contribution in [3.63, 3.8) is 0 Å². The number of nitrogens with zero attached hydrogens (tertiary/aromatic N) is 2. The van der Waals surface area contributed by atoms with E-state index in [-0.39, 0.29) is 29.8 Å². The average Bonchev–Trinajstić information content (AvgIpc) is 3.07. The number of hydrogen-bond donors (Lipinski definition) is 1. The largest absolute Gasteiger partial charge is 0.494 e. The molecule has 1 N–H and O–H groups in total. The summed E-state index contributed by atoms with van der Waals surface area (Å²) < 4.78 is 34.8. The molecule has 0 radical (unpaired) electrons. The summed E-state index contributed by atoms with van der Waals surface area (Å²) in [6, 6.07) is 32.5. The molecule has 2 amide bonds. The number of rotatable bonds is 15. The first-order valence-electron chi connectivity index (χ1n) is 15.2. The van der Waals surface area contributed by atoms with Crippen molar-refractivity contribution in [2.75, 3.05) is 17.5 Å². The summed E-state index contributed by atoms with van der Waals surface area (Å²) in [7, 11) is -4.16. The molecule has 0 aliphatic heterocycles. The van der Waals surface area contributed by atoms with E-state index in [9.17, 15) is 18.0 Å². The van der Waals surface area contributed by atoms with Crippen LogP contribution in [0.5, 0.6) is 5.75 Å². The Morgan fingerprint density at radius 2 is 1.33 bits per heavy atom. The topological polar surface area (TPSA) is 96.0 Å². The minimum absolute atomic E-state index is 0.0524. The fourth-order valence-electron chi connectivity index (χ4n) is 4.90. The molecule has 2 atom stereocenters. The van der Waals surface area contributed by atoms with Gasteiger partial charge in [0.15, 0.2) is 0 Å². The third kappa shape index (κ3) is 8.95. The first kappa shape index (κ1) is 33.3. The van der Waals surface area contributed by atoms with Crippen molar-refractivity contribution in [3.8, 4) is 5.75 Å². The SMILES string of the molecule is CCOc1ccc(N(CC(=O)N(Cc2ccccc2)[C@H](Cc2ccccc2)C(=O)N[C@@H](C)CC)S(=O)(=O)c2ccccc2)cc1. The number of carbonyl (C=O) groups excluding carboxylic acids is 2. The van der Waals surface area contributed by atoms with E-state index in [1.165, 1.54) is 17.0 Å². The van der Waals surface area contributed by atoms with Gasteiger partial charge >= 0.3 is 0 Å². The highest BCUT2D eigenvalue weighted by Gasteiger charge is 2.35. The van der Waals surface area contributed by atoms with Crippen LogP contribution in [0.1, 0.15) is 38.3 Å². The molecule has 45 heavy (non-hydrogen) atoms. The number of nitrogens with one attached hydrogen (secondary N) is 1. The van der Waals surface area contributed by atoms with Crippen LogP contribution in [0.15, 0.2) is 120 Å². The molecule has 0 saturated carbocycles. The lowest BCUT2D eigenvalue weighted by molar-refractivity contribution is -0.140. The lowest BCUT2D eigenvalue weighted by Crippen LogP contribution is -2.54. The Hall–Kier alpha value is -4.63. The van der Waals surface area contributed by atoms with Crippen LogP contribution in [-0.4, -0.2) is 50.4 Å². The van der Waals surface area contributed by atoms with Crippen LogP contribution >= 0.6 is 0 Å². The van der Waals surface area contributed by atoms with Gasteiger partial charge < -0.3 is 15.0 Å². The second-order valence-corrected chi connectivity index (χ2v) is 12.6. The highest BCUT2D eigenvalue weighted by molar-refractivity contribution is 7.92. The Morgan fingerprint density at radius 3 is 1.89 bits per heavy atom. The molecule has 4 aromatic rings. The number of hydrogen-bond acceptors (Lipinski definition) is 5. The average molecular weight is 628 g/mol. The molecule has 0 aromatic heterocycles. The van der Waals surface area contributed by atoms with Gasteiger partial charge in [0.2, 0.25) is 11.8 Å². The normalized spacial score (nSPS) is 12.5. The first-order chi connectivity index (χ1) is 21.7. The van der Waals surface area contributed by atoms with Gasteiger partial charge in [-0.1, -0.05) is 85.8 Å². The summed E-state index contributed by atoms with van der Waals surface area (Å²) in [6.07, 6.45) is 0.980. The van der Waals surface area contributed by atoms with Gasteiger partial charge in [0.05, 0.1) is 17.2 Å². The summed E-state index contributed by atoms with van der Waals surface area (Å²) in [5, 5.41) is 3.05. The number of sulfonamides is 1. The maximum Gasteiger partial charge on any atom is 0.264 e. The molecule has 0 spiro atoms. The van der Waals surface area contributed by atoms with Gasteiger partial charge in [-0.15, -0.1) is 0 Å². The Labute approximate surface area is 266 Å². The molecule has 236 valence electrons. The van der Waals surface area contributed by atoms with Gasteiger partial charge in [0.1, 0.15) is 18.3 Å². The van der Waals surface area contributed by atoms with Gasteiger partial charge in [0.25, 0.3) is 10.0 Å². The predicted molar refractivity (Wildman–Crippen MR) is 177 cm³/mol. The van der Waals surface area contributed by atoms with E-state index < -0.39 is 28.5 Å². The minimum atomic E-state index is -4.16. The number of anilines is 1. The third-order valence-electron chi connectivity index (χ3n) is 7.51. The van der Waals surface area contributed by atoms with Crippen LogP contribution in [0.4, 0.5) is 5.69 Å². The smallest absolute Gasteiger partial charge is 0.264 e. The zero-order valence-corrected chi connectivity index (χ0v) is 26.8. The van der Waals surface area contributed by atoms with E-state index in [0.29, 0.717) is 18.0 Å². The van der Waals surface area contributed by atoms with Crippen molar-refractivity contribution >= 4 is 27.5 Å². The second-order valence-electron chi connectivity index (χ2n) is 10.8. The molecule has 0 bridgehead atoms. The molecule has 9 heteroatoms. The molecule has 0 fully saturated rings. The number of benzene rings is 4. The molecular formula is C36H41N3O5S. The number of carbonyl (C=O) groups is 2. The Kier molecular flexibility index (Phi) is 11.8. The van der Waals surface area contributed by atoms with E-state index in [2.05, 4.69) is 5.32 Å². The Bertz CT molecular complexity index is 1620. The summed E-state index contributed by atoms with van der Waals surface area (Å²) in [5.74, 6) is -0.219. The fourth-order valence-corrected chi connectivity index (χ4v) is 6.33.